The van der Waals surface area contributed by atoms with E-state index in [2.05, 4.69) is 117 Å². The third-order valence-corrected chi connectivity index (χ3v) is 27.1. The largest absolute Gasteiger partial charge is 0.414 e. The molecular weight excluding hydrogens is 589 g/mol. The summed E-state index contributed by atoms with van der Waals surface area (Å²) in [5.74, 6) is -0.700. The van der Waals surface area contributed by atoms with E-state index in [1.165, 1.54) is 0 Å². The molecule has 3 heterocycles. The molecule has 0 unspecified atom stereocenters. The first-order valence-electron chi connectivity index (χ1n) is 17.3. The van der Waals surface area contributed by atoms with Crippen LogP contribution in [-0.2, 0) is 27.2 Å². The molecule has 9 heteroatoms. The molecule has 0 bridgehead atoms. The Kier molecular flexibility index (Phi) is 11.3. The third kappa shape index (κ3) is 7.30. The first-order valence-corrected chi connectivity index (χ1v) is 24.2. The second-order valence-corrected chi connectivity index (χ2v) is 33.4. The lowest BCUT2D eigenvalue weighted by atomic mass is 9.90. The highest BCUT2D eigenvalue weighted by atomic mass is 28.4. The minimum Gasteiger partial charge on any atom is -0.414 e. The van der Waals surface area contributed by atoms with Crippen molar-refractivity contribution in [3.63, 3.8) is 0 Å². The van der Waals surface area contributed by atoms with Crippen molar-refractivity contribution in [1.29, 1.82) is 0 Å². The quantitative estimate of drug-likeness (QED) is 0.242. The van der Waals surface area contributed by atoms with Crippen molar-refractivity contribution in [2.24, 2.45) is 0 Å². The summed E-state index contributed by atoms with van der Waals surface area (Å²) in [5, 5.41) is -0.0449. The van der Waals surface area contributed by atoms with Gasteiger partial charge in [-0.05, 0) is 47.6 Å². The normalized spacial score (nSPS) is 31.3. The standard InChI is InChI=1S/C34H70O6Si3/c1-24(2)42(25(3)4,26(5)6)39-28-21-34(20-18-19-27(37-34)22-35-41(16,17)31(7,8)9)38-29-23-36-43(32(10,11)12,33(13,14)15)40-30(28)29/h24-30H,18-23H2,1-17H3/t27-,28-,29-,30+,34-/m1/s1. The molecule has 5 atom stereocenters. The van der Waals surface area contributed by atoms with Crippen molar-refractivity contribution in [2.45, 2.75) is 205 Å². The Morgan fingerprint density at radius 2 is 1.37 bits per heavy atom. The summed E-state index contributed by atoms with van der Waals surface area (Å²) in [4.78, 5) is 0. The highest BCUT2D eigenvalue weighted by Gasteiger charge is 2.66. The lowest BCUT2D eigenvalue weighted by Crippen LogP contribution is -2.72. The molecule has 0 aromatic carbocycles. The van der Waals surface area contributed by atoms with E-state index in [0.29, 0.717) is 36.3 Å². The maximum absolute atomic E-state index is 7.67. The summed E-state index contributed by atoms with van der Waals surface area (Å²) in [6.07, 6.45) is 3.16. The lowest BCUT2D eigenvalue weighted by molar-refractivity contribution is -0.354. The molecule has 0 aromatic heterocycles. The fraction of sp³-hybridized carbons (Fsp3) is 1.00. The number of rotatable bonds is 8. The van der Waals surface area contributed by atoms with Crippen molar-refractivity contribution >= 4 is 25.2 Å². The van der Waals surface area contributed by atoms with Crippen LogP contribution in [0.5, 0.6) is 0 Å². The van der Waals surface area contributed by atoms with Crippen LogP contribution in [0.2, 0.25) is 44.8 Å². The summed E-state index contributed by atoms with van der Waals surface area (Å²) in [7, 11) is -6.83. The Balaban J connectivity index is 2.01. The molecule has 3 aliphatic rings. The van der Waals surface area contributed by atoms with Gasteiger partial charge in [0.15, 0.2) is 14.1 Å². The van der Waals surface area contributed by atoms with E-state index >= 15 is 0 Å². The van der Waals surface area contributed by atoms with Crippen LogP contribution in [0.3, 0.4) is 0 Å². The number of hydrogen-bond acceptors (Lipinski definition) is 6. The molecule has 3 saturated heterocycles. The zero-order valence-corrected chi connectivity index (χ0v) is 34.2. The summed E-state index contributed by atoms with van der Waals surface area (Å²) in [5.41, 5.74) is 1.44. The summed E-state index contributed by atoms with van der Waals surface area (Å²) in [6, 6.07) is 0. The smallest absolute Gasteiger partial charge is 0.349 e. The molecule has 0 aromatic rings. The lowest BCUT2D eigenvalue weighted by Gasteiger charge is -2.60. The minimum atomic E-state index is -2.72. The van der Waals surface area contributed by atoms with Crippen LogP contribution in [0.1, 0.15) is 130 Å². The maximum Gasteiger partial charge on any atom is 0.349 e. The van der Waals surface area contributed by atoms with Gasteiger partial charge in [0.1, 0.15) is 12.2 Å². The molecule has 0 aliphatic carbocycles. The van der Waals surface area contributed by atoms with Crippen molar-refractivity contribution in [1.82, 2.24) is 0 Å². The fourth-order valence-corrected chi connectivity index (χ4v) is 19.9. The monoisotopic (exact) mass is 658 g/mol. The van der Waals surface area contributed by atoms with Crippen LogP contribution in [0.15, 0.2) is 0 Å². The summed E-state index contributed by atoms with van der Waals surface area (Å²) >= 11 is 0. The predicted molar refractivity (Wildman–Crippen MR) is 186 cm³/mol. The maximum atomic E-state index is 7.67. The van der Waals surface area contributed by atoms with Crippen LogP contribution in [0.4, 0.5) is 0 Å². The van der Waals surface area contributed by atoms with E-state index in [1.807, 2.05) is 0 Å². The second-order valence-electron chi connectivity index (χ2n) is 18.5. The van der Waals surface area contributed by atoms with Crippen LogP contribution in [-0.4, -0.2) is 68.6 Å². The van der Waals surface area contributed by atoms with Gasteiger partial charge >= 0.3 is 8.56 Å². The van der Waals surface area contributed by atoms with E-state index in [-0.39, 0.29) is 39.5 Å². The first kappa shape index (κ1) is 37.9. The topological polar surface area (TPSA) is 55.4 Å². The number of ether oxygens (including phenoxy) is 2. The molecule has 6 nitrogen and oxygen atoms in total. The average Bonchev–Trinajstić information content (AvgIpc) is 2.83. The van der Waals surface area contributed by atoms with Gasteiger partial charge in [0, 0.05) is 22.9 Å². The van der Waals surface area contributed by atoms with Crippen molar-refractivity contribution in [3.8, 4) is 0 Å². The highest BCUT2D eigenvalue weighted by molar-refractivity contribution is 6.77. The van der Waals surface area contributed by atoms with Gasteiger partial charge in [-0.3, -0.25) is 0 Å². The molecule has 0 N–H and O–H groups in total. The highest BCUT2D eigenvalue weighted by Crippen LogP contribution is 2.57. The van der Waals surface area contributed by atoms with Crippen LogP contribution in [0, 0.1) is 0 Å². The Morgan fingerprint density at radius 3 is 1.84 bits per heavy atom. The molecule has 254 valence electrons. The molecule has 3 aliphatic heterocycles. The third-order valence-electron chi connectivity index (χ3n) is 11.3. The Labute approximate surface area is 269 Å². The van der Waals surface area contributed by atoms with Gasteiger partial charge < -0.3 is 27.2 Å². The second kappa shape index (κ2) is 12.8. The van der Waals surface area contributed by atoms with E-state index in [4.69, 9.17) is 27.2 Å². The first-order chi connectivity index (χ1) is 19.3. The molecule has 43 heavy (non-hydrogen) atoms. The molecule has 0 amide bonds. The Hall–Kier alpha value is 0.411. The van der Waals surface area contributed by atoms with Gasteiger partial charge in [-0.2, -0.15) is 0 Å². The van der Waals surface area contributed by atoms with Crippen molar-refractivity contribution < 1.29 is 27.2 Å². The SMILES string of the molecule is CC(C)[Si](O[C@@H]1C[C@@]2(CCC[C@H](CO[Si](C)(C)C(C)(C)C)O2)O[C@@H]2CO[Si](C(C)(C)C)(C(C)(C)C)O[C@H]21)(C(C)C)C(C)C. The van der Waals surface area contributed by atoms with E-state index < -0.39 is 31.0 Å². The number of hydrogen-bond donors (Lipinski definition) is 0. The molecular formula is C34H70O6Si3. The van der Waals surface area contributed by atoms with Gasteiger partial charge in [-0.15, -0.1) is 0 Å². The van der Waals surface area contributed by atoms with Crippen molar-refractivity contribution in [2.75, 3.05) is 13.2 Å². The van der Waals surface area contributed by atoms with Crippen LogP contribution >= 0.6 is 0 Å². The molecule has 0 saturated carbocycles. The fourth-order valence-electron chi connectivity index (χ4n) is 8.34. The minimum absolute atomic E-state index is 0.0189. The Morgan fingerprint density at radius 1 is 0.837 bits per heavy atom. The average molecular weight is 659 g/mol. The molecule has 3 rings (SSSR count). The zero-order valence-electron chi connectivity index (χ0n) is 31.2. The van der Waals surface area contributed by atoms with Crippen LogP contribution in [0.25, 0.3) is 0 Å². The number of fused-ring (bicyclic) bond motifs is 1. The molecule has 1 spiro atoms. The van der Waals surface area contributed by atoms with E-state index in [1.54, 1.807) is 0 Å². The van der Waals surface area contributed by atoms with Gasteiger partial charge in [0.25, 0.3) is 0 Å². The van der Waals surface area contributed by atoms with E-state index in [9.17, 15) is 0 Å². The van der Waals surface area contributed by atoms with Gasteiger partial charge in [0.2, 0.25) is 8.32 Å². The predicted octanol–water partition coefficient (Wildman–Crippen LogP) is 10.1. The van der Waals surface area contributed by atoms with Gasteiger partial charge in [0.05, 0.1) is 25.4 Å². The summed E-state index contributed by atoms with van der Waals surface area (Å²) < 4.78 is 42.7. The summed E-state index contributed by atoms with van der Waals surface area (Å²) in [6.45, 7) is 40.7. The van der Waals surface area contributed by atoms with Gasteiger partial charge in [-0.1, -0.05) is 104 Å². The molecule has 0 radical (unpaired) electrons. The van der Waals surface area contributed by atoms with E-state index in [0.717, 1.165) is 19.3 Å². The molecule has 3 fully saturated rings. The van der Waals surface area contributed by atoms with Crippen molar-refractivity contribution in [3.05, 3.63) is 0 Å². The zero-order chi connectivity index (χ0) is 33.0. The Bertz CT molecular complexity index is 896. The van der Waals surface area contributed by atoms with Gasteiger partial charge in [-0.25, -0.2) is 0 Å². The van der Waals surface area contributed by atoms with Crippen LogP contribution < -0.4 is 0 Å².